The predicted octanol–water partition coefficient (Wildman–Crippen LogP) is 3.74. The molecule has 0 aliphatic heterocycles. The zero-order chi connectivity index (χ0) is 13.8. The molecule has 3 rings (SSSR count). The van der Waals surface area contributed by atoms with Crippen LogP contribution in [-0.4, -0.2) is 16.7 Å². The van der Waals surface area contributed by atoms with Crippen molar-refractivity contribution in [3.8, 4) is 0 Å². The molecule has 2 N–H and O–H groups in total. The van der Waals surface area contributed by atoms with Gasteiger partial charge in [0.15, 0.2) is 5.82 Å². The van der Waals surface area contributed by atoms with E-state index in [4.69, 9.17) is 15.2 Å². The van der Waals surface area contributed by atoms with Gasteiger partial charge in [-0.1, -0.05) is 30.8 Å². The van der Waals surface area contributed by atoms with Crippen LogP contribution in [0.1, 0.15) is 87.8 Å². The molecule has 112 valence electrons. The highest BCUT2D eigenvalue weighted by atomic mass is 16.5. The molecule has 2 saturated carbocycles. The average molecular weight is 277 g/mol. The molecule has 4 nitrogen and oxygen atoms in total. The van der Waals surface area contributed by atoms with Crippen LogP contribution in [0.4, 0.5) is 0 Å². The summed E-state index contributed by atoms with van der Waals surface area (Å²) in [6.07, 6.45) is 12.6. The Balaban J connectivity index is 1.61. The summed E-state index contributed by atoms with van der Waals surface area (Å²) >= 11 is 0. The van der Waals surface area contributed by atoms with Gasteiger partial charge in [0, 0.05) is 11.8 Å². The van der Waals surface area contributed by atoms with Gasteiger partial charge < -0.3 is 10.3 Å². The minimum atomic E-state index is 0.477. The number of hydrogen-bond donors (Lipinski definition) is 1. The molecule has 0 saturated heterocycles. The van der Waals surface area contributed by atoms with Crippen LogP contribution in [0.25, 0.3) is 0 Å². The molecule has 1 aromatic heterocycles. The highest BCUT2D eigenvalue weighted by molar-refractivity contribution is 5.01. The van der Waals surface area contributed by atoms with Gasteiger partial charge >= 0.3 is 0 Å². The lowest BCUT2D eigenvalue weighted by molar-refractivity contribution is 0.273. The molecule has 1 aromatic rings. The van der Waals surface area contributed by atoms with E-state index in [0.29, 0.717) is 17.8 Å². The van der Waals surface area contributed by atoms with Gasteiger partial charge in [-0.25, -0.2) is 0 Å². The topological polar surface area (TPSA) is 64.9 Å². The van der Waals surface area contributed by atoms with E-state index in [-0.39, 0.29) is 0 Å². The third-order valence-corrected chi connectivity index (χ3v) is 5.21. The lowest BCUT2D eigenvalue weighted by atomic mass is 9.82. The fourth-order valence-corrected chi connectivity index (χ4v) is 3.76. The smallest absolute Gasteiger partial charge is 0.229 e. The van der Waals surface area contributed by atoms with Gasteiger partial charge in [0.2, 0.25) is 5.89 Å². The van der Waals surface area contributed by atoms with E-state index in [1.54, 1.807) is 0 Å². The van der Waals surface area contributed by atoms with Crippen molar-refractivity contribution in [2.24, 2.45) is 11.7 Å². The normalized spacial score (nSPS) is 29.2. The minimum absolute atomic E-state index is 0.477. The summed E-state index contributed by atoms with van der Waals surface area (Å²) in [7, 11) is 0. The first-order valence-corrected chi connectivity index (χ1v) is 8.40. The Kier molecular flexibility index (Phi) is 4.71. The maximum atomic E-state index is 5.75. The molecule has 0 unspecified atom stereocenters. The molecule has 2 fully saturated rings. The van der Waals surface area contributed by atoms with Crippen molar-refractivity contribution in [2.75, 3.05) is 6.54 Å². The molecular formula is C16H27N3O. The average Bonchev–Trinajstić information content (AvgIpc) is 2.83. The summed E-state index contributed by atoms with van der Waals surface area (Å²) in [5.74, 6) is 3.58. The van der Waals surface area contributed by atoms with E-state index in [9.17, 15) is 0 Å². The van der Waals surface area contributed by atoms with Crippen LogP contribution in [0.5, 0.6) is 0 Å². The van der Waals surface area contributed by atoms with Gasteiger partial charge in [0.25, 0.3) is 0 Å². The second-order valence-corrected chi connectivity index (χ2v) is 6.63. The van der Waals surface area contributed by atoms with E-state index in [2.05, 4.69) is 5.16 Å². The van der Waals surface area contributed by atoms with E-state index in [1.165, 1.54) is 51.4 Å². The van der Waals surface area contributed by atoms with Gasteiger partial charge in [-0.2, -0.15) is 4.98 Å². The van der Waals surface area contributed by atoms with E-state index < -0.39 is 0 Å². The zero-order valence-corrected chi connectivity index (χ0v) is 12.4. The van der Waals surface area contributed by atoms with Crippen molar-refractivity contribution in [2.45, 2.75) is 76.0 Å². The van der Waals surface area contributed by atoms with Crippen molar-refractivity contribution in [3.63, 3.8) is 0 Å². The SMILES string of the molecule is NCC1CCC(c2nc(C3CCCCCC3)no2)CC1. The molecular weight excluding hydrogens is 250 g/mol. The highest BCUT2D eigenvalue weighted by Gasteiger charge is 2.27. The summed E-state index contributed by atoms with van der Waals surface area (Å²) in [5.41, 5.74) is 5.75. The molecule has 2 aliphatic carbocycles. The van der Waals surface area contributed by atoms with Crippen LogP contribution >= 0.6 is 0 Å². The van der Waals surface area contributed by atoms with Crippen LogP contribution in [0.15, 0.2) is 4.52 Å². The van der Waals surface area contributed by atoms with Gasteiger partial charge in [-0.05, 0) is 51.0 Å². The van der Waals surface area contributed by atoms with Crippen molar-refractivity contribution < 1.29 is 4.52 Å². The van der Waals surface area contributed by atoms with Crippen LogP contribution in [0, 0.1) is 5.92 Å². The third-order valence-electron chi connectivity index (χ3n) is 5.21. The summed E-state index contributed by atoms with van der Waals surface area (Å²) in [4.78, 5) is 4.74. The van der Waals surface area contributed by atoms with Crippen molar-refractivity contribution in [1.29, 1.82) is 0 Å². The molecule has 0 bridgehead atoms. The lowest BCUT2D eigenvalue weighted by Crippen LogP contribution is -2.20. The van der Waals surface area contributed by atoms with Gasteiger partial charge in [-0.15, -0.1) is 0 Å². The minimum Gasteiger partial charge on any atom is -0.339 e. The quantitative estimate of drug-likeness (QED) is 0.855. The van der Waals surface area contributed by atoms with Crippen molar-refractivity contribution >= 4 is 0 Å². The molecule has 0 radical (unpaired) electrons. The second-order valence-electron chi connectivity index (χ2n) is 6.63. The summed E-state index contributed by atoms with van der Waals surface area (Å²) < 4.78 is 5.57. The highest BCUT2D eigenvalue weighted by Crippen LogP contribution is 2.36. The molecule has 1 heterocycles. The first-order valence-electron chi connectivity index (χ1n) is 8.40. The largest absolute Gasteiger partial charge is 0.339 e. The lowest BCUT2D eigenvalue weighted by Gasteiger charge is -2.25. The maximum Gasteiger partial charge on any atom is 0.229 e. The summed E-state index contributed by atoms with van der Waals surface area (Å²) in [6.45, 7) is 0.823. The fraction of sp³-hybridized carbons (Fsp3) is 0.875. The number of nitrogens with two attached hydrogens (primary N) is 1. The molecule has 0 aromatic carbocycles. The molecule has 2 aliphatic rings. The monoisotopic (exact) mass is 277 g/mol. The predicted molar refractivity (Wildman–Crippen MR) is 78.5 cm³/mol. The van der Waals surface area contributed by atoms with Gasteiger partial charge in [0.1, 0.15) is 0 Å². The summed E-state index contributed by atoms with van der Waals surface area (Å²) in [5, 5.41) is 4.29. The van der Waals surface area contributed by atoms with Crippen LogP contribution in [0.2, 0.25) is 0 Å². The number of aromatic nitrogens is 2. The molecule has 20 heavy (non-hydrogen) atoms. The zero-order valence-electron chi connectivity index (χ0n) is 12.4. The van der Waals surface area contributed by atoms with Crippen LogP contribution in [-0.2, 0) is 0 Å². The third kappa shape index (κ3) is 3.22. The van der Waals surface area contributed by atoms with Gasteiger partial charge in [0.05, 0.1) is 0 Å². The Morgan fingerprint density at radius 2 is 1.60 bits per heavy atom. The molecule has 4 heteroatoms. The Bertz CT molecular complexity index is 402. The number of rotatable bonds is 3. The van der Waals surface area contributed by atoms with Crippen molar-refractivity contribution in [3.05, 3.63) is 11.7 Å². The Hall–Kier alpha value is -0.900. The molecule has 0 amide bonds. The van der Waals surface area contributed by atoms with Crippen LogP contribution < -0.4 is 5.73 Å². The Morgan fingerprint density at radius 3 is 2.25 bits per heavy atom. The van der Waals surface area contributed by atoms with Crippen LogP contribution in [0.3, 0.4) is 0 Å². The summed E-state index contributed by atoms with van der Waals surface area (Å²) in [6, 6.07) is 0. The standard InChI is InChI=1S/C16H27N3O/c17-11-12-7-9-14(10-8-12)16-18-15(19-20-16)13-5-3-1-2-4-6-13/h12-14H,1-11,17H2. The fourth-order valence-electron chi connectivity index (χ4n) is 3.76. The molecule has 0 spiro atoms. The first-order chi connectivity index (χ1) is 9.86. The van der Waals surface area contributed by atoms with E-state index in [0.717, 1.165) is 31.1 Å². The van der Waals surface area contributed by atoms with Gasteiger partial charge in [-0.3, -0.25) is 0 Å². The van der Waals surface area contributed by atoms with E-state index >= 15 is 0 Å². The number of nitrogens with zero attached hydrogens (tertiary/aromatic N) is 2. The Morgan fingerprint density at radius 1 is 0.900 bits per heavy atom. The van der Waals surface area contributed by atoms with E-state index in [1.807, 2.05) is 0 Å². The second kappa shape index (κ2) is 6.70. The maximum absolute atomic E-state index is 5.75. The first kappa shape index (κ1) is 14.1. The number of hydrogen-bond acceptors (Lipinski definition) is 4. The Labute approximate surface area is 121 Å². The molecule has 0 atom stereocenters. The van der Waals surface area contributed by atoms with Crippen molar-refractivity contribution in [1.82, 2.24) is 10.1 Å².